The minimum Gasteiger partial charge on any atom is -0.459 e. The molecule has 0 heterocycles. The number of hydrogen-bond donors (Lipinski definition) is 1. The molecule has 1 N–H and O–H groups in total. The molecule has 2 fully saturated rings. The van der Waals surface area contributed by atoms with E-state index in [1.807, 2.05) is 0 Å². The average molecular weight is 295 g/mol. The van der Waals surface area contributed by atoms with Crippen molar-refractivity contribution in [1.29, 1.82) is 0 Å². The topological polar surface area (TPSA) is 55.4 Å². The summed E-state index contributed by atoms with van der Waals surface area (Å²) in [4.78, 5) is 23.8. The van der Waals surface area contributed by atoms with Crippen LogP contribution in [0.15, 0.2) is 0 Å². The number of amides is 1. The molecule has 4 heteroatoms. The predicted molar refractivity (Wildman–Crippen MR) is 81.6 cm³/mol. The van der Waals surface area contributed by atoms with Crippen molar-refractivity contribution in [3.63, 3.8) is 0 Å². The third-order valence-corrected chi connectivity index (χ3v) is 4.84. The maximum absolute atomic E-state index is 12.1. The Kier molecular flexibility index (Phi) is 4.11. The molecule has 120 valence electrons. The summed E-state index contributed by atoms with van der Waals surface area (Å²) in [7, 11) is 0. The van der Waals surface area contributed by atoms with Crippen LogP contribution < -0.4 is 5.32 Å². The molecule has 0 aromatic heterocycles. The number of rotatable bonds is 2. The highest BCUT2D eigenvalue weighted by molar-refractivity contribution is 6.32. The van der Waals surface area contributed by atoms with Crippen molar-refractivity contribution >= 4 is 11.9 Å². The predicted octanol–water partition coefficient (Wildman–Crippen LogP) is 3.05. The lowest BCUT2D eigenvalue weighted by atomic mass is 9.53. The molecule has 2 aliphatic rings. The van der Waals surface area contributed by atoms with Gasteiger partial charge in [-0.25, -0.2) is 4.79 Å². The Labute approximate surface area is 128 Å². The summed E-state index contributed by atoms with van der Waals surface area (Å²) < 4.78 is 4.83. The monoisotopic (exact) mass is 295 g/mol. The van der Waals surface area contributed by atoms with Gasteiger partial charge in [-0.05, 0) is 55.8 Å². The first-order valence-corrected chi connectivity index (χ1v) is 8.06. The van der Waals surface area contributed by atoms with Gasteiger partial charge < -0.3 is 10.1 Å². The van der Waals surface area contributed by atoms with Gasteiger partial charge in [0.1, 0.15) is 0 Å². The second kappa shape index (κ2) is 5.29. The first-order valence-electron chi connectivity index (χ1n) is 8.06. The van der Waals surface area contributed by atoms with E-state index in [2.05, 4.69) is 33.0 Å². The van der Waals surface area contributed by atoms with Crippen LogP contribution in [0.1, 0.15) is 66.7 Å². The first-order chi connectivity index (χ1) is 9.56. The molecule has 0 radical (unpaired) electrons. The highest BCUT2D eigenvalue weighted by Crippen LogP contribution is 2.55. The summed E-state index contributed by atoms with van der Waals surface area (Å²) in [6.45, 7) is 11.0. The van der Waals surface area contributed by atoms with Crippen molar-refractivity contribution in [2.45, 2.75) is 72.3 Å². The molecular weight excluding hydrogens is 266 g/mol. The largest absolute Gasteiger partial charge is 0.459 e. The van der Waals surface area contributed by atoms with Gasteiger partial charge >= 0.3 is 11.9 Å². The Morgan fingerprint density at radius 1 is 1.05 bits per heavy atom. The third-order valence-electron chi connectivity index (χ3n) is 4.84. The van der Waals surface area contributed by atoms with Crippen LogP contribution >= 0.6 is 0 Å². The van der Waals surface area contributed by atoms with E-state index in [0.29, 0.717) is 5.92 Å². The summed E-state index contributed by atoms with van der Waals surface area (Å²) >= 11 is 0. The lowest BCUT2D eigenvalue weighted by Crippen LogP contribution is -2.60. The van der Waals surface area contributed by atoms with E-state index in [0.717, 1.165) is 19.3 Å². The smallest absolute Gasteiger partial charge is 0.396 e. The molecule has 2 rings (SSSR count). The van der Waals surface area contributed by atoms with Crippen LogP contribution in [0, 0.1) is 16.7 Å². The van der Waals surface area contributed by atoms with Crippen molar-refractivity contribution in [2.75, 3.05) is 6.61 Å². The number of ether oxygens (including phenoxy) is 1. The summed E-state index contributed by atoms with van der Waals surface area (Å²) in [5.41, 5.74) is 0.167. The molecule has 1 amide bonds. The molecule has 2 bridgehead atoms. The SMILES string of the molecule is CCOC(=O)C(=O)NC12CC(CC(C)(C)C1)CC(C)(C)C2. The van der Waals surface area contributed by atoms with Crippen molar-refractivity contribution in [1.82, 2.24) is 5.32 Å². The zero-order chi connectivity index (χ0) is 15.9. The lowest BCUT2D eigenvalue weighted by Gasteiger charge is -2.56. The van der Waals surface area contributed by atoms with Crippen LogP contribution in [0.2, 0.25) is 0 Å². The van der Waals surface area contributed by atoms with Gasteiger partial charge in [0.25, 0.3) is 0 Å². The van der Waals surface area contributed by atoms with Crippen LogP contribution in [0.5, 0.6) is 0 Å². The molecule has 0 aromatic carbocycles. The molecule has 21 heavy (non-hydrogen) atoms. The van der Waals surface area contributed by atoms with Gasteiger partial charge in [-0.2, -0.15) is 0 Å². The minimum absolute atomic E-state index is 0.210. The molecule has 2 aliphatic carbocycles. The zero-order valence-electron chi connectivity index (χ0n) is 14.0. The summed E-state index contributed by atoms with van der Waals surface area (Å²) in [6.07, 6.45) is 5.27. The van der Waals surface area contributed by atoms with Crippen molar-refractivity contribution in [3.8, 4) is 0 Å². The third kappa shape index (κ3) is 3.78. The lowest BCUT2D eigenvalue weighted by molar-refractivity contribution is -0.157. The number of carbonyl (C=O) groups is 2. The van der Waals surface area contributed by atoms with E-state index in [9.17, 15) is 9.59 Å². The van der Waals surface area contributed by atoms with Gasteiger partial charge in [0.15, 0.2) is 0 Å². The fourth-order valence-corrected chi connectivity index (χ4v) is 5.14. The standard InChI is InChI=1S/C17H29NO3/c1-6-21-14(20)13(19)18-17-9-12(7-15(2,3)10-17)8-16(4,5)11-17/h12H,6-11H2,1-5H3,(H,18,19). The van der Waals surface area contributed by atoms with Crippen LogP contribution in [-0.4, -0.2) is 24.0 Å². The Morgan fingerprint density at radius 3 is 2.05 bits per heavy atom. The highest BCUT2D eigenvalue weighted by Gasteiger charge is 2.52. The van der Waals surface area contributed by atoms with Gasteiger partial charge in [-0.1, -0.05) is 27.7 Å². The molecular formula is C17H29NO3. The molecule has 4 nitrogen and oxygen atoms in total. The quantitative estimate of drug-likeness (QED) is 0.629. The first kappa shape index (κ1) is 16.3. The van der Waals surface area contributed by atoms with E-state index >= 15 is 0 Å². The summed E-state index contributed by atoms with van der Waals surface area (Å²) in [5.74, 6) is -0.707. The normalized spacial score (nSPS) is 33.1. The summed E-state index contributed by atoms with van der Waals surface area (Å²) in [5, 5.41) is 3.05. The van der Waals surface area contributed by atoms with Gasteiger partial charge in [-0.3, -0.25) is 4.79 Å². The molecule has 0 unspecified atom stereocenters. The Morgan fingerprint density at radius 2 is 1.57 bits per heavy atom. The maximum Gasteiger partial charge on any atom is 0.396 e. The fourth-order valence-electron chi connectivity index (χ4n) is 5.14. The molecule has 0 aromatic rings. The molecule has 0 spiro atoms. The van der Waals surface area contributed by atoms with Gasteiger partial charge in [0.05, 0.1) is 6.61 Å². The number of carbonyl (C=O) groups excluding carboxylic acids is 2. The van der Waals surface area contributed by atoms with E-state index in [1.165, 1.54) is 12.8 Å². The highest BCUT2D eigenvalue weighted by atomic mass is 16.5. The average Bonchev–Trinajstić information content (AvgIpc) is 2.22. The molecule has 0 aliphatic heterocycles. The Balaban J connectivity index is 2.19. The van der Waals surface area contributed by atoms with Crippen LogP contribution in [0.4, 0.5) is 0 Å². The number of nitrogens with one attached hydrogen (secondary N) is 1. The number of hydrogen-bond acceptors (Lipinski definition) is 3. The maximum atomic E-state index is 12.1. The van der Waals surface area contributed by atoms with Crippen LogP contribution in [-0.2, 0) is 14.3 Å². The molecule has 0 atom stereocenters. The number of esters is 1. The van der Waals surface area contributed by atoms with Crippen molar-refractivity contribution in [3.05, 3.63) is 0 Å². The van der Waals surface area contributed by atoms with E-state index in [1.54, 1.807) is 6.92 Å². The van der Waals surface area contributed by atoms with E-state index < -0.39 is 11.9 Å². The summed E-state index contributed by atoms with van der Waals surface area (Å²) in [6, 6.07) is 0. The fraction of sp³-hybridized carbons (Fsp3) is 0.882. The van der Waals surface area contributed by atoms with Gasteiger partial charge in [0.2, 0.25) is 0 Å². The number of fused-ring (bicyclic) bond motifs is 2. The zero-order valence-corrected chi connectivity index (χ0v) is 14.0. The minimum atomic E-state index is -0.754. The molecule has 0 saturated heterocycles. The van der Waals surface area contributed by atoms with Crippen molar-refractivity contribution < 1.29 is 14.3 Å². The second-order valence-corrected chi connectivity index (χ2v) is 8.62. The van der Waals surface area contributed by atoms with Gasteiger partial charge in [0, 0.05) is 5.54 Å². The van der Waals surface area contributed by atoms with Gasteiger partial charge in [-0.15, -0.1) is 0 Å². The van der Waals surface area contributed by atoms with E-state index in [4.69, 9.17) is 4.74 Å². The Bertz CT molecular complexity index is 419. The molecule has 2 saturated carbocycles. The van der Waals surface area contributed by atoms with Crippen molar-refractivity contribution in [2.24, 2.45) is 16.7 Å². The Hall–Kier alpha value is -1.06. The van der Waals surface area contributed by atoms with Crippen LogP contribution in [0.25, 0.3) is 0 Å². The van der Waals surface area contributed by atoms with Crippen LogP contribution in [0.3, 0.4) is 0 Å². The second-order valence-electron chi connectivity index (χ2n) is 8.62. The van der Waals surface area contributed by atoms with E-state index in [-0.39, 0.29) is 23.0 Å².